The van der Waals surface area contributed by atoms with Gasteiger partial charge in [0.05, 0.1) is 6.04 Å². The first-order chi connectivity index (χ1) is 14.3. The summed E-state index contributed by atoms with van der Waals surface area (Å²) in [4.78, 5) is 31.1. The van der Waals surface area contributed by atoms with Crippen molar-refractivity contribution >= 4 is 34.9 Å². The molecule has 6 nitrogen and oxygen atoms in total. The Kier molecular flexibility index (Phi) is 4.26. The highest BCUT2D eigenvalue weighted by atomic mass is 35.5. The highest BCUT2D eigenvalue weighted by molar-refractivity contribution is 6.30. The third kappa shape index (κ3) is 2.85. The molecule has 3 aliphatic heterocycles. The van der Waals surface area contributed by atoms with Gasteiger partial charge < -0.3 is 19.3 Å². The summed E-state index contributed by atoms with van der Waals surface area (Å²) in [6, 6.07) is 15.2. The number of fused-ring (bicyclic) bond motifs is 4. The van der Waals surface area contributed by atoms with Crippen LogP contribution in [0.25, 0.3) is 0 Å². The van der Waals surface area contributed by atoms with Crippen molar-refractivity contribution in [1.29, 1.82) is 0 Å². The summed E-state index contributed by atoms with van der Waals surface area (Å²) < 4.78 is 11.2. The Morgan fingerprint density at radius 3 is 2.33 bits per heavy atom. The van der Waals surface area contributed by atoms with E-state index >= 15 is 0 Å². The molecule has 0 aromatic heterocycles. The van der Waals surface area contributed by atoms with E-state index in [1.165, 1.54) is 0 Å². The van der Waals surface area contributed by atoms with Gasteiger partial charge in [0.25, 0.3) is 5.79 Å². The molecule has 3 aliphatic rings. The summed E-state index contributed by atoms with van der Waals surface area (Å²) in [7, 11) is 0. The number of piperazine rings is 1. The average molecular weight is 427 g/mol. The molecule has 5 rings (SSSR count). The van der Waals surface area contributed by atoms with E-state index in [0.717, 1.165) is 23.5 Å². The smallest absolute Gasteiger partial charge is 0.329 e. The van der Waals surface area contributed by atoms with Gasteiger partial charge in [-0.05, 0) is 35.9 Å². The Labute approximate surface area is 180 Å². The van der Waals surface area contributed by atoms with Crippen molar-refractivity contribution in [1.82, 2.24) is 0 Å². The zero-order valence-electron chi connectivity index (χ0n) is 16.9. The number of carbonyl (C=O) groups excluding carboxylic acids is 2. The number of benzene rings is 2. The molecule has 1 atom stereocenters. The van der Waals surface area contributed by atoms with E-state index in [2.05, 4.69) is 15.9 Å². The SMILES string of the molecule is CC1(C)OC(=O)C2(Cc3ccccc3N3CCN(c4ccc(Cl)cc4)CC32)C(=O)O1. The lowest BCUT2D eigenvalue weighted by atomic mass is 9.69. The highest BCUT2D eigenvalue weighted by Crippen LogP contribution is 2.48. The Morgan fingerprint density at radius 1 is 0.967 bits per heavy atom. The third-order valence-electron chi connectivity index (χ3n) is 6.32. The number of hydrogen-bond donors (Lipinski definition) is 0. The van der Waals surface area contributed by atoms with E-state index in [0.29, 0.717) is 18.1 Å². The van der Waals surface area contributed by atoms with Crippen LogP contribution in [0.4, 0.5) is 11.4 Å². The molecule has 7 heteroatoms. The van der Waals surface area contributed by atoms with Crippen molar-refractivity contribution in [3.05, 3.63) is 59.1 Å². The zero-order valence-corrected chi connectivity index (χ0v) is 17.7. The van der Waals surface area contributed by atoms with Crippen molar-refractivity contribution in [2.45, 2.75) is 32.1 Å². The van der Waals surface area contributed by atoms with E-state index < -0.39 is 29.2 Å². The monoisotopic (exact) mass is 426 g/mol. The van der Waals surface area contributed by atoms with Gasteiger partial charge in [-0.3, -0.25) is 9.59 Å². The predicted octanol–water partition coefficient (Wildman–Crippen LogP) is 3.41. The van der Waals surface area contributed by atoms with Crippen LogP contribution in [0, 0.1) is 5.41 Å². The van der Waals surface area contributed by atoms with Crippen LogP contribution in [-0.4, -0.2) is 43.4 Å². The average Bonchev–Trinajstić information content (AvgIpc) is 2.71. The molecule has 0 radical (unpaired) electrons. The summed E-state index contributed by atoms with van der Waals surface area (Å²) in [6.07, 6.45) is 0.270. The lowest BCUT2D eigenvalue weighted by Crippen LogP contribution is -2.71. The molecule has 1 spiro atoms. The van der Waals surface area contributed by atoms with Gasteiger partial charge in [0.2, 0.25) is 0 Å². The van der Waals surface area contributed by atoms with E-state index in [1.807, 2.05) is 42.5 Å². The lowest BCUT2D eigenvalue weighted by molar-refractivity contribution is -0.253. The Hall–Kier alpha value is -2.73. The molecule has 0 amide bonds. The number of ether oxygens (including phenoxy) is 2. The molecule has 0 N–H and O–H groups in total. The van der Waals surface area contributed by atoms with Crippen LogP contribution >= 0.6 is 11.6 Å². The van der Waals surface area contributed by atoms with E-state index in [9.17, 15) is 9.59 Å². The first kappa shape index (κ1) is 19.2. The van der Waals surface area contributed by atoms with Gasteiger partial charge >= 0.3 is 11.9 Å². The van der Waals surface area contributed by atoms with Crippen molar-refractivity contribution in [3.63, 3.8) is 0 Å². The number of para-hydroxylation sites is 1. The molecule has 1 unspecified atom stereocenters. The molecule has 30 heavy (non-hydrogen) atoms. The molecule has 2 fully saturated rings. The molecule has 156 valence electrons. The predicted molar refractivity (Wildman–Crippen MR) is 114 cm³/mol. The molecule has 0 saturated carbocycles. The summed E-state index contributed by atoms with van der Waals surface area (Å²) in [5.41, 5.74) is 1.64. The minimum Gasteiger partial charge on any atom is -0.422 e. The van der Waals surface area contributed by atoms with Gasteiger partial charge in [-0.15, -0.1) is 0 Å². The maximum Gasteiger partial charge on any atom is 0.329 e. The number of nitrogens with zero attached hydrogens (tertiary/aromatic N) is 2. The van der Waals surface area contributed by atoms with Crippen LogP contribution in [0.15, 0.2) is 48.5 Å². The molecule has 3 heterocycles. The van der Waals surface area contributed by atoms with Crippen LogP contribution in [0.1, 0.15) is 19.4 Å². The Balaban J connectivity index is 1.59. The second-order valence-corrected chi connectivity index (χ2v) is 9.02. The number of anilines is 2. The molecule has 0 bridgehead atoms. The van der Waals surface area contributed by atoms with Crippen molar-refractivity contribution in [2.24, 2.45) is 5.41 Å². The fourth-order valence-electron chi connectivity index (χ4n) is 4.89. The van der Waals surface area contributed by atoms with Crippen LogP contribution in [0.3, 0.4) is 0 Å². The number of rotatable bonds is 1. The number of cyclic esters (lactones) is 2. The molecule has 0 aliphatic carbocycles. The zero-order chi connectivity index (χ0) is 21.1. The minimum absolute atomic E-state index is 0.270. The van der Waals surface area contributed by atoms with Gasteiger partial charge in [-0.2, -0.15) is 0 Å². The van der Waals surface area contributed by atoms with Crippen LogP contribution in [0.5, 0.6) is 0 Å². The van der Waals surface area contributed by atoms with Gasteiger partial charge in [0.1, 0.15) is 0 Å². The first-order valence-corrected chi connectivity index (χ1v) is 10.5. The van der Waals surface area contributed by atoms with Gasteiger partial charge in [0, 0.05) is 56.3 Å². The lowest BCUT2D eigenvalue weighted by Gasteiger charge is -2.55. The topological polar surface area (TPSA) is 59.1 Å². The fraction of sp³-hybridized carbons (Fsp3) is 0.391. The Morgan fingerprint density at radius 2 is 1.63 bits per heavy atom. The van der Waals surface area contributed by atoms with E-state index in [1.54, 1.807) is 13.8 Å². The number of esters is 2. The second-order valence-electron chi connectivity index (χ2n) is 8.59. The molecular formula is C23H23ClN2O4. The second kappa shape index (κ2) is 6.64. The maximum absolute atomic E-state index is 13.4. The summed E-state index contributed by atoms with van der Waals surface area (Å²) in [6.45, 7) is 5.12. The van der Waals surface area contributed by atoms with Crippen molar-refractivity contribution < 1.29 is 19.1 Å². The largest absolute Gasteiger partial charge is 0.422 e. The maximum atomic E-state index is 13.4. The van der Waals surface area contributed by atoms with Crippen LogP contribution < -0.4 is 9.80 Å². The normalized spacial score (nSPS) is 24.0. The molecular weight excluding hydrogens is 404 g/mol. The molecule has 2 saturated heterocycles. The summed E-state index contributed by atoms with van der Waals surface area (Å²) >= 11 is 6.05. The number of hydrogen-bond acceptors (Lipinski definition) is 6. The van der Waals surface area contributed by atoms with Crippen LogP contribution in [0.2, 0.25) is 5.02 Å². The van der Waals surface area contributed by atoms with Gasteiger partial charge in [0.15, 0.2) is 5.41 Å². The minimum atomic E-state index is -1.39. The van der Waals surface area contributed by atoms with Gasteiger partial charge in [-0.25, -0.2) is 0 Å². The molecule has 2 aromatic rings. The number of halogens is 1. The van der Waals surface area contributed by atoms with Crippen molar-refractivity contribution in [2.75, 3.05) is 29.4 Å². The molecule has 2 aromatic carbocycles. The van der Waals surface area contributed by atoms with Crippen molar-refractivity contribution in [3.8, 4) is 0 Å². The van der Waals surface area contributed by atoms with E-state index in [-0.39, 0.29) is 6.42 Å². The summed E-state index contributed by atoms with van der Waals surface area (Å²) in [5, 5.41) is 0.669. The summed E-state index contributed by atoms with van der Waals surface area (Å²) in [5.74, 6) is -2.27. The van der Waals surface area contributed by atoms with Gasteiger partial charge in [-0.1, -0.05) is 29.8 Å². The number of carbonyl (C=O) groups is 2. The van der Waals surface area contributed by atoms with E-state index in [4.69, 9.17) is 21.1 Å². The Bertz CT molecular complexity index is 1000. The standard InChI is InChI=1S/C23H23ClN2O4/c1-22(2)29-20(27)23(21(28)30-22)13-15-5-3-4-6-18(15)26-12-11-25(14-19(23)26)17-9-7-16(24)8-10-17/h3-10,19H,11-14H2,1-2H3. The third-order valence-corrected chi connectivity index (χ3v) is 6.57. The fourth-order valence-corrected chi connectivity index (χ4v) is 5.01. The highest BCUT2D eigenvalue weighted by Gasteiger charge is 2.64. The quantitative estimate of drug-likeness (QED) is 0.514. The van der Waals surface area contributed by atoms with Crippen LogP contribution in [-0.2, 0) is 25.5 Å². The first-order valence-electron chi connectivity index (χ1n) is 10.1.